The molecule has 8 heteroatoms. The highest BCUT2D eigenvalue weighted by molar-refractivity contribution is 7.89. The lowest BCUT2D eigenvalue weighted by Crippen LogP contribution is -2.39. The Kier molecular flexibility index (Phi) is 5.44. The highest BCUT2D eigenvalue weighted by Gasteiger charge is 2.28. The topological polar surface area (TPSA) is 96.7 Å². The molecule has 1 amide bonds. The minimum atomic E-state index is -3.56. The van der Waals surface area contributed by atoms with Crippen molar-refractivity contribution < 1.29 is 17.6 Å². The molecule has 0 radical (unpaired) electrons. The quantitative estimate of drug-likeness (QED) is 0.689. The lowest BCUT2D eigenvalue weighted by atomic mass is 10.0. The number of carbonyl (C=O) groups is 1. The van der Waals surface area contributed by atoms with Gasteiger partial charge >= 0.3 is 0 Å². The second-order valence-corrected chi connectivity index (χ2v) is 9.50. The van der Waals surface area contributed by atoms with Crippen LogP contribution in [-0.4, -0.2) is 31.7 Å². The maximum atomic E-state index is 12.8. The number of hydrogen-bond acceptors (Lipinski definition) is 5. The third-order valence-electron chi connectivity index (χ3n) is 5.23. The summed E-state index contributed by atoms with van der Waals surface area (Å²) >= 11 is 0. The van der Waals surface area contributed by atoms with Gasteiger partial charge in [0.05, 0.1) is 10.3 Å². The van der Waals surface area contributed by atoms with Crippen molar-refractivity contribution in [3.05, 3.63) is 70.6 Å². The molecule has 1 fully saturated rings. The SMILES string of the molecule is CC1CCCN(S(=O)(=O)c2ccc(NC(=O)c3cc(=O)c4ccccc4o3)cc2)C1. The molecule has 3 aromatic rings. The van der Waals surface area contributed by atoms with Gasteiger partial charge in [-0.25, -0.2) is 8.42 Å². The maximum Gasteiger partial charge on any atom is 0.291 e. The van der Waals surface area contributed by atoms with E-state index in [0.29, 0.717) is 35.7 Å². The van der Waals surface area contributed by atoms with Gasteiger partial charge in [-0.2, -0.15) is 4.31 Å². The van der Waals surface area contributed by atoms with E-state index in [4.69, 9.17) is 4.42 Å². The van der Waals surface area contributed by atoms with Crippen molar-refractivity contribution in [2.24, 2.45) is 5.92 Å². The van der Waals surface area contributed by atoms with Gasteiger partial charge in [0.15, 0.2) is 11.2 Å². The van der Waals surface area contributed by atoms with Crippen LogP contribution >= 0.6 is 0 Å². The van der Waals surface area contributed by atoms with E-state index in [-0.39, 0.29) is 16.1 Å². The molecule has 1 aliphatic rings. The van der Waals surface area contributed by atoms with Crippen molar-refractivity contribution in [2.45, 2.75) is 24.7 Å². The molecule has 0 saturated carbocycles. The molecule has 0 aliphatic carbocycles. The molecule has 1 N–H and O–H groups in total. The fraction of sp³-hybridized carbons (Fsp3) is 0.273. The number of hydrogen-bond donors (Lipinski definition) is 1. The molecule has 0 bridgehead atoms. The van der Waals surface area contributed by atoms with Crippen molar-refractivity contribution in [1.29, 1.82) is 0 Å². The van der Waals surface area contributed by atoms with E-state index in [1.807, 2.05) is 6.92 Å². The molecule has 1 atom stereocenters. The average molecular weight is 426 g/mol. The van der Waals surface area contributed by atoms with Gasteiger partial charge in [0, 0.05) is 24.8 Å². The molecule has 1 saturated heterocycles. The summed E-state index contributed by atoms with van der Waals surface area (Å²) in [7, 11) is -3.56. The number of anilines is 1. The zero-order chi connectivity index (χ0) is 21.3. The van der Waals surface area contributed by atoms with Crippen molar-refractivity contribution in [3.63, 3.8) is 0 Å². The minimum absolute atomic E-state index is 0.113. The van der Waals surface area contributed by atoms with Crippen molar-refractivity contribution in [1.82, 2.24) is 4.31 Å². The molecule has 2 heterocycles. The van der Waals surface area contributed by atoms with Crippen LogP contribution < -0.4 is 10.7 Å². The Labute approximate surface area is 174 Å². The molecule has 4 rings (SSSR count). The van der Waals surface area contributed by atoms with Gasteiger partial charge in [-0.15, -0.1) is 0 Å². The van der Waals surface area contributed by atoms with Crippen LogP contribution in [0.15, 0.2) is 68.7 Å². The van der Waals surface area contributed by atoms with E-state index in [0.717, 1.165) is 18.9 Å². The number of sulfonamides is 1. The lowest BCUT2D eigenvalue weighted by molar-refractivity contribution is 0.0997. The molecule has 2 aromatic carbocycles. The molecule has 0 spiro atoms. The molecular formula is C22H22N2O5S. The molecule has 156 valence electrons. The van der Waals surface area contributed by atoms with Crippen molar-refractivity contribution in [2.75, 3.05) is 18.4 Å². The Morgan fingerprint density at radius 3 is 2.60 bits per heavy atom. The van der Waals surface area contributed by atoms with E-state index in [1.54, 1.807) is 24.3 Å². The summed E-state index contributed by atoms with van der Waals surface area (Å²) < 4.78 is 32.7. The summed E-state index contributed by atoms with van der Waals surface area (Å²) in [5.74, 6) is -0.361. The third-order valence-corrected chi connectivity index (χ3v) is 7.11. The Morgan fingerprint density at radius 2 is 1.87 bits per heavy atom. The summed E-state index contributed by atoms with van der Waals surface area (Å²) in [5, 5.41) is 3.03. The third kappa shape index (κ3) is 4.01. The van der Waals surface area contributed by atoms with Gasteiger partial charge < -0.3 is 9.73 Å². The summed E-state index contributed by atoms with van der Waals surface area (Å²) in [6, 6.07) is 13.8. The summed E-state index contributed by atoms with van der Waals surface area (Å²) in [4.78, 5) is 24.9. The standard InChI is InChI=1S/C22H22N2O5S/c1-15-5-4-12-24(14-15)30(27,28)17-10-8-16(9-11-17)23-22(26)21-13-19(25)18-6-2-3-7-20(18)29-21/h2-3,6-11,13,15H,4-5,12,14H2,1H3,(H,23,26). The first-order valence-corrected chi connectivity index (χ1v) is 11.2. The molecule has 30 heavy (non-hydrogen) atoms. The van der Waals surface area contributed by atoms with Gasteiger partial charge in [-0.1, -0.05) is 19.1 Å². The molecule has 1 aliphatic heterocycles. The van der Waals surface area contributed by atoms with Crippen LogP contribution in [-0.2, 0) is 10.0 Å². The number of piperidine rings is 1. The predicted octanol–water partition coefficient (Wildman–Crippen LogP) is 3.47. The second-order valence-electron chi connectivity index (χ2n) is 7.56. The zero-order valence-electron chi connectivity index (χ0n) is 16.5. The van der Waals surface area contributed by atoms with Crippen LogP contribution in [0.5, 0.6) is 0 Å². The molecule has 1 aromatic heterocycles. The van der Waals surface area contributed by atoms with Crippen LogP contribution in [0.2, 0.25) is 0 Å². The predicted molar refractivity (Wildman–Crippen MR) is 114 cm³/mol. The van der Waals surface area contributed by atoms with E-state index >= 15 is 0 Å². The highest BCUT2D eigenvalue weighted by atomic mass is 32.2. The van der Waals surface area contributed by atoms with Crippen LogP contribution in [0, 0.1) is 5.92 Å². The number of benzene rings is 2. The second kappa shape index (κ2) is 8.04. The monoisotopic (exact) mass is 426 g/mol. The van der Waals surface area contributed by atoms with Crippen molar-refractivity contribution in [3.8, 4) is 0 Å². The normalized spacial score (nSPS) is 17.7. The smallest absolute Gasteiger partial charge is 0.291 e. The van der Waals surface area contributed by atoms with E-state index < -0.39 is 15.9 Å². The number of amides is 1. The van der Waals surface area contributed by atoms with Gasteiger partial charge in [0.1, 0.15) is 5.58 Å². The van der Waals surface area contributed by atoms with Crippen molar-refractivity contribution >= 4 is 32.6 Å². The van der Waals surface area contributed by atoms with Gasteiger partial charge in [0.2, 0.25) is 10.0 Å². The average Bonchev–Trinajstić information content (AvgIpc) is 2.74. The zero-order valence-corrected chi connectivity index (χ0v) is 17.3. The Morgan fingerprint density at radius 1 is 1.13 bits per heavy atom. The number of para-hydroxylation sites is 1. The van der Waals surface area contributed by atoms with E-state index in [1.165, 1.54) is 28.6 Å². The number of fused-ring (bicyclic) bond motifs is 1. The minimum Gasteiger partial charge on any atom is -0.451 e. The summed E-state index contributed by atoms with van der Waals surface area (Å²) in [6.07, 6.45) is 1.88. The summed E-state index contributed by atoms with van der Waals surface area (Å²) in [6.45, 7) is 3.08. The first kappa shape index (κ1) is 20.3. The number of nitrogens with zero attached hydrogens (tertiary/aromatic N) is 1. The van der Waals surface area contributed by atoms with Crippen LogP contribution in [0.25, 0.3) is 11.0 Å². The molecule has 1 unspecified atom stereocenters. The first-order chi connectivity index (χ1) is 14.3. The Hall–Kier alpha value is -2.97. The Bertz CT molecular complexity index is 1250. The maximum absolute atomic E-state index is 12.8. The van der Waals surface area contributed by atoms with E-state index in [2.05, 4.69) is 5.32 Å². The molecule has 7 nitrogen and oxygen atoms in total. The number of rotatable bonds is 4. The fourth-order valence-electron chi connectivity index (χ4n) is 3.63. The number of nitrogens with one attached hydrogen (secondary N) is 1. The van der Waals surface area contributed by atoms with Crippen LogP contribution in [0.4, 0.5) is 5.69 Å². The first-order valence-electron chi connectivity index (χ1n) is 9.79. The van der Waals surface area contributed by atoms with Gasteiger partial charge in [-0.05, 0) is 55.2 Å². The molecular weight excluding hydrogens is 404 g/mol. The summed E-state index contributed by atoms with van der Waals surface area (Å²) in [5.41, 5.74) is 0.424. The Balaban J connectivity index is 1.52. The van der Waals surface area contributed by atoms with E-state index in [9.17, 15) is 18.0 Å². The number of carbonyl (C=O) groups excluding carboxylic acids is 1. The highest BCUT2D eigenvalue weighted by Crippen LogP contribution is 2.24. The van der Waals surface area contributed by atoms with Gasteiger partial charge in [0.25, 0.3) is 5.91 Å². The van der Waals surface area contributed by atoms with Gasteiger partial charge in [-0.3, -0.25) is 9.59 Å². The lowest BCUT2D eigenvalue weighted by Gasteiger charge is -2.30. The van der Waals surface area contributed by atoms with Crippen LogP contribution in [0.1, 0.15) is 30.3 Å². The van der Waals surface area contributed by atoms with Crippen LogP contribution in [0.3, 0.4) is 0 Å². The fourth-order valence-corrected chi connectivity index (χ4v) is 5.23. The largest absolute Gasteiger partial charge is 0.451 e.